The highest BCUT2D eigenvalue weighted by molar-refractivity contribution is 7.92. The number of rotatable bonds is 29. The number of esters is 1. The zero-order valence-electron chi connectivity index (χ0n) is 55.4. The van der Waals surface area contributed by atoms with Gasteiger partial charge in [0.1, 0.15) is 17.2 Å². The van der Waals surface area contributed by atoms with E-state index < -0.39 is 22.2 Å². The average Bonchev–Trinajstić information content (AvgIpc) is 2.08. The number of phenols is 1. The number of hydrogen-bond donors (Lipinski definition) is 4. The number of urea groups is 1. The number of anilines is 4. The molecule has 1 saturated heterocycles. The molecule has 6 aromatic rings. The van der Waals surface area contributed by atoms with Crippen molar-refractivity contribution in [3.63, 3.8) is 0 Å². The molecule has 1 unspecified atom stereocenters. The van der Waals surface area contributed by atoms with Crippen molar-refractivity contribution in [1.29, 1.82) is 0 Å². The highest BCUT2D eigenvalue weighted by atomic mass is 35.5. The summed E-state index contributed by atoms with van der Waals surface area (Å²) in [6.07, 6.45) is 21.8. The summed E-state index contributed by atoms with van der Waals surface area (Å²) in [6, 6.07) is 44.3. The van der Waals surface area contributed by atoms with E-state index in [0.29, 0.717) is 22.8 Å². The lowest BCUT2D eigenvalue weighted by molar-refractivity contribution is -0.147. The number of nitrogens with zero attached hydrogens (tertiary/aromatic N) is 1. The standard InChI is InChI=1S/C25H35ClO.C22H31N3O4S.C15H22O3.C12H17NO/c1-2-3-4-5-6-7-8-9-10-11-20-27-25-18-14-23(15-19-25)21-22-12-16-24(26)17-13-22;1-21(2,3)14-22(4,5)15-10-11-19(26)18(12-15)24-20(27)23-16-8-7-9-17(13-16)25-30(6,28)29;1-4-5-6-7-13-8-10-14(11-9-13)18-12(2)15(16)17-3;1-2-11-3-5-12(6-4-11)13-7-9-14-10-8-13/h12-19H,2-11,20-21H2,1H3;7-13,25-26H,14H2,1-6H3,(H2,23,24,27);8-12H,4-7H2,1-3H3;3-6H,2,7-10H2,1H3. The van der Waals surface area contributed by atoms with Crippen molar-refractivity contribution in [3.05, 3.63) is 172 Å². The van der Waals surface area contributed by atoms with Crippen LogP contribution in [0.1, 0.15) is 180 Å². The van der Waals surface area contributed by atoms with Crippen molar-refractivity contribution in [2.24, 2.45) is 5.41 Å². The molecule has 0 radical (unpaired) electrons. The molecule has 15 heteroatoms. The molecule has 488 valence electrons. The van der Waals surface area contributed by atoms with Crippen LogP contribution in [0.5, 0.6) is 17.2 Å². The van der Waals surface area contributed by atoms with Gasteiger partial charge in [-0.15, -0.1) is 0 Å². The first kappa shape index (κ1) is 74.7. The maximum Gasteiger partial charge on any atom is 0.346 e. The van der Waals surface area contributed by atoms with Crippen LogP contribution in [0.15, 0.2) is 140 Å². The van der Waals surface area contributed by atoms with E-state index in [4.69, 9.17) is 25.8 Å². The molecule has 6 aromatic carbocycles. The molecule has 7 rings (SSSR count). The molecule has 13 nitrogen and oxygen atoms in total. The molecule has 1 aliphatic rings. The molecular weight excluding hydrogens is 1160 g/mol. The lowest BCUT2D eigenvalue weighted by Crippen LogP contribution is -2.36. The van der Waals surface area contributed by atoms with E-state index in [1.165, 1.54) is 118 Å². The molecule has 4 N–H and O–H groups in total. The van der Waals surface area contributed by atoms with E-state index in [1.54, 1.807) is 37.3 Å². The second kappa shape index (κ2) is 40.1. The summed E-state index contributed by atoms with van der Waals surface area (Å²) in [5.74, 6) is 1.29. The van der Waals surface area contributed by atoms with Gasteiger partial charge in [0, 0.05) is 29.5 Å². The predicted octanol–water partition coefficient (Wildman–Crippen LogP) is 18.8. The molecule has 0 aliphatic carbocycles. The number of aromatic hydroxyl groups is 1. The Bertz CT molecular complexity index is 3050. The fraction of sp³-hybridized carbons (Fsp3) is 0.486. The smallest absolute Gasteiger partial charge is 0.346 e. The number of benzene rings is 6. The summed E-state index contributed by atoms with van der Waals surface area (Å²) in [6.45, 7) is 23.7. The number of carbonyl (C=O) groups excluding carboxylic acids is 2. The van der Waals surface area contributed by atoms with Gasteiger partial charge < -0.3 is 39.6 Å². The lowest BCUT2D eigenvalue weighted by atomic mass is 9.72. The Balaban J connectivity index is 0.000000263. The first-order valence-corrected chi connectivity index (χ1v) is 34.5. The van der Waals surface area contributed by atoms with E-state index in [0.717, 1.165) is 87.6 Å². The number of aryl methyl sites for hydroxylation is 2. The van der Waals surface area contributed by atoms with E-state index in [1.807, 2.05) is 30.3 Å². The molecule has 1 heterocycles. The van der Waals surface area contributed by atoms with Gasteiger partial charge in [0.05, 0.1) is 44.6 Å². The number of amides is 2. The minimum atomic E-state index is -3.42. The van der Waals surface area contributed by atoms with E-state index in [9.17, 15) is 23.1 Å². The summed E-state index contributed by atoms with van der Waals surface area (Å²) in [5.41, 5.74) is 8.63. The fourth-order valence-electron chi connectivity index (χ4n) is 10.5. The maximum atomic E-state index is 12.4. The molecule has 0 saturated carbocycles. The Kier molecular flexibility index (Phi) is 33.7. The highest BCUT2D eigenvalue weighted by Crippen LogP contribution is 2.39. The molecule has 1 atom stereocenters. The molecule has 0 spiro atoms. The van der Waals surface area contributed by atoms with Crippen LogP contribution < -0.4 is 29.7 Å². The Labute approximate surface area is 540 Å². The summed E-state index contributed by atoms with van der Waals surface area (Å²) in [4.78, 5) is 26.0. The van der Waals surface area contributed by atoms with Crippen molar-refractivity contribution in [2.75, 3.05) is 66.5 Å². The summed E-state index contributed by atoms with van der Waals surface area (Å²) in [7, 11) is -2.06. The number of sulfonamides is 1. The quantitative estimate of drug-likeness (QED) is 0.0202. The van der Waals surface area contributed by atoms with Crippen LogP contribution in [0.2, 0.25) is 5.02 Å². The van der Waals surface area contributed by atoms with Gasteiger partial charge in [0.25, 0.3) is 0 Å². The second-order valence-corrected chi connectivity index (χ2v) is 27.1. The number of halogens is 1. The number of methoxy groups -OCH3 is 1. The number of carbonyl (C=O) groups is 2. The Morgan fingerprint density at radius 1 is 0.652 bits per heavy atom. The van der Waals surface area contributed by atoms with Gasteiger partial charge in [0.2, 0.25) is 10.0 Å². The molecule has 89 heavy (non-hydrogen) atoms. The molecular formula is C74H105ClN4O9S. The normalized spacial score (nSPS) is 12.6. The van der Waals surface area contributed by atoms with Crippen molar-refractivity contribution in [3.8, 4) is 17.2 Å². The number of nitrogens with one attached hydrogen (secondary N) is 3. The Morgan fingerprint density at radius 2 is 1.19 bits per heavy atom. The number of ether oxygens (including phenoxy) is 4. The summed E-state index contributed by atoms with van der Waals surface area (Å²) < 4.78 is 46.4. The van der Waals surface area contributed by atoms with Crippen molar-refractivity contribution in [2.45, 2.75) is 183 Å². The number of unbranched alkanes of at least 4 members (excludes halogenated alkanes) is 11. The van der Waals surface area contributed by atoms with E-state index in [2.05, 4.69) is 153 Å². The zero-order valence-corrected chi connectivity index (χ0v) is 56.9. The fourth-order valence-corrected chi connectivity index (χ4v) is 11.1. The van der Waals surface area contributed by atoms with Crippen LogP contribution in [0.25, 0.3) is 0 Å². The van der Waals surface area contributed by atoms with Crippen molar-refractivity contribution in [1.82, 2.24) is 0 Å². The predicted molar refractivity (Wildman–Crippen MR) is 371 cm³/mol. The highest BCUT2D eigenvalue weighted by Gasteiger charge is 2.28. The van der Waals surface area contributed by atoms with Gasteiger partial charge in [-0.3, -0.25) is 4.72 Å². The minimum Gasteiger partial charge on any atom is -0.506 e. The molecule has 0 bridgehead atoms. The van der Waals surface area contributed by atoms with Gasteiger partial charge in [-0.2, -0.15) is 0 Å². The minimum absolute atomic E-state index is 0.0343. The monoisotopic (exact) mass is 1260 g/mol. The van der Waals surface area contributed by atoms with Gasteiger partial charge >= 0.3 is 12.0 Å². The Morgan fingerprint density at radius 3 is 1.76 bits per heavy atom. The maximum absolute atomic E-state index is 12.4. The zero-order chi connectivity index (χ0) is 65.1. The van der Waals surface area contributed by atoms with Gasteiger partial charge in [-0.05, 0) is 163 Å². The first-order chi connectivity index (χ1) is 42.5. The molecule has 1 fully saturated rings. The summed E-state index contributed by atoms with van der Waals surface area (Å²) >= 11 is 5.94. The molecule has 1 aliphatic heterocycles. The second-order valence-electron chi connectivity index (χ2n) is 24.9. The SMILES string of the molecule is CC(C)(C)CC(C)(C)c1ccc(O)c(NC(=O)Nc2cccc(NS(C)(=O)=O)c2)c1.CCCCCCCCCCCCOc1ccc(Cc2ccc(Cl)cc2)cc1.CCCCCc1ccc(OC(C)C(=O)OC)cc1.CCc1ccc(N2CCOCC2)cc1. The van der Waals surface area contributed by atoms with Crippen LogP contribution in [-0.2, 0) is 49.0 Å². The van der Waals surface area contributed by atoms with Gasteiger partial charge in [-0.1, -0.05) is 198 Å². The van der Waals surface area contributed by atoms with Crippen molar-refractivity contribution >= 4 is 56.4 Å². The number of hydrogen-bond acceptors (Lipinski definition) is 10. The lowest BCUT2D eigenvalue weighted by Gasteiger charge is -2.33. The van der Waals surface area contributed by atoms with Crippen LogP contribution in [0.3, 0.4) is 0 Å². The van der Waals surface area contributed by atoms with Crippen LogP contribution in [0.4, 0.5) is 27.5 Å². The largest absolute Gasteiger partial charge is 0.506 e. The first-order valence-electron chi connectivity index (χ1n) is 32.2. The third-order valence-corrected chi connectivity index (χ3v) is 15.9. The van der Waals surface area contributed by atoms with Gasteiger partial charge in [0.15, 0.2) is 6.10 Å². The van der Waals surface area contributed by atoms with E-state index in [-0.39, 0.29) is 22.5 Å². The van der Waals surface area contributed by atoms with Crippen LogP contribution >= 0.6 is 11.6 Å². The third kappa shape index (κ3) is 31.5. The number of phenolic OH excluding ortho intramolecular Hbond substituents is 1. The van der Waals surface area contributed by atoms with E-state index >= 15 is 0 Å². The average molecular weight is 1260 g/mol. The van der Waals surface area contributed by atoms with Crippen LogP contribution in [-0.4, -0.2) is 77.9 Å². The van der Waals surface area contributed by atoms with Crippen LogP contribution in [0, 0.1) is 5.41 Å². The molecule has 0 aromatic heterocycles. The number of morpholine rings is 1. The topological polar surface area (TPSA) is 165 Å². The Hall–Kier alpha value is -6.74. The summed E-state index contributed by atoms with van der Waals surface area (Å²) in [5, 5.41) is 16.3. The van der Waals surface area contributed by atoms with Crippen molar-refractivity contribution < 1.29 is 42.1 Å². The molecule has 2 amide bonds. The van der Waals surface area contributed by atoms with Gasteiger partial charge in [-0.25, -0.2) is 18.0 Å². The third-order valence-electron chi connectivity index (χ3n) is 15.0.